The third-order valence-electron chi connectivity index (χ3n) is 2.39. The monoisotopic (exact) mass is 388 g/mol. The Morgan fingerprint density at radius 3 is 2.75 bits per heavy atom. The van der Waals surface area contributed by atoms with Crippen LogP contribution >= 0.6 is 0 Å². The largest absolute Gasteiger partial charge is 0.340 e. The summed E-state index contributed by atoms with van der Waals surface area (Å²) in [7, 11) is 0. The summed E-state index contributed by atoms with van der Waals surface area (Å²) in [5.41, 5.74) is 2.12. The number of hydrogen-bond acceptors (Lipinski definition) is 1. The normalized spacial score (nSPS) is 10.0. The van der Waals surface area contributed by atoms with Crippen molar-refractivity contribution in [2.75, 3.05) is 0 Å². The van der Waals surface area contributed by atoms with Crippen molar-refractivity contribution in [3.05, 3.63) is 60.9 Å². The molecule has 0 aliphatic heterocycles. The summed E-state index contributed by atoms with van der Waals surface area (Å²) in [6, 6.07) is 17.1. The summed E-state index contributed by atoms with van der Waals surface area (Å²) in [6.07, 6.45) is 3.88. The number of pyridine rings is 1. The zero-order valence-electron chi connectivity index (χ0n) is 8.41. The van der Waals surface area contributed by atoms with Gasteiger partial charge in [0.2, 0.25) is 0 Å². The summed E-state index contributed by atoms with van der Waals surface area (Å²) in [6.45, 7) is 0. The first-order chi connectivity index (χ1) is 7.45. The predicted molar refractivity (Wildman–Crippen MR) is 59.5 cm³/mol. The molecule has 2 aromatic heterocycles. The number of nitrogens with zero attached hydrogens (tertiary/aromatic N) is 2. The fraction of sp³-hybridized carbons (Fsp3) is 0. The summed E-state index contributed by atoms with van der Waals surface area (Å²) < 4.78 is 2.06. The van der Waals surface area contributed by atoms with Crippen molar-refractivity contribution in [2.45, 2.75) is 0 Å². The second kappa shape index (κ2) is 4.63. The van der Waals surface area contributed by atoms with Crippen molar-refractivity contribution in [3.8, 4) is 11.4 Å². The molecule has 0 N–H and O–H groups in total. The molecule has 0 saturated carbocycles. The van der Waals surface area contributed by atoms with Crippen LogP contribution in [0.5, 0.6) is 0 Å². The van der Waals surface area contributed by atoms with Crippen molar-refractivity contribution in [1.82, 2.24) is 9.38 Å². The molecule has 0 fully saturated rings. The Hall–Kier alpha value is -1.40. The molecule has 16 heavy (non-hydrogen) atoms. The molecule has 3 heteroatoms. The fourth-order valence-corrected chi connectivity index (χ4v) is 1.68. The van der Waals surface area contributed by atoms with E-state index in [0.717, 1.165) is 16.9 Å². The molecule has 0 aliphatic carbocycles. The van der Waals surface area contributed by atoms with Gasteiger partial charge in [0.15, 0.2) is 0 Å². The van der Waals surface area contributed by atoms with Gasteiger partial charge in [-0.15, -0.1) is 35.9 Å². The molecule has 82 valence electrons. The van der Waals surface area contributed by atoms with E-state index in [9.17, 15) is 0 Å². The van der Waals surface area contributed by atoms with Crippen molar-refractivity contribution in [3.63, 3.8) is 0 Å². The molecule has 2 nitrogen and oxygen atoms in total. The second-order valence-electron chi connectivity index (χ2n) is 3.35. The molecule has 0 aliphatic rings. The number of benzene rings is 1. The molecule has 0 saturated heterocycles. The SMILES string of the molecule is [Pt].[c-]1ccccc1-c1ncc2ccccn12. The van der Waals surface area contributed by atoms with Crippen molar-refractivity contribution in [1.29, 1.82) is 0 Å². The molecule has 2 heterocycles. The number of hydrogen-bond donors (Lipinski definition) is 0. The van der Waals surface area contributed by atoms with E-state index >= 15 is 0 Å². The van der Waals surface area contributed by atoms with Gasteiger partial charge < -0.3 is 4.40 Å². The van der Waals surface area contributed by atoms with Crippen molar-refractivity contribution in [2.24, 2.45) is 0 Å². The van der Waals surface area contributed by atoms with E-state index in [-0.39, 0.29) is 21.1 Å². The fourth-order valence-electron chi connectivity index (χ4n) is 1.68. The van der Waals surface area contributed by atoms with Crippen molar-refractivity contribution < 1.29 is 21.1 Å². The average molecular weight is 388 g/mol. The minimum atomic E-state index is 0. The maximum atomic E-state index is 4.40. The molecule has 3 rings (SSSR count). The number of fused-ring (bicyclic) bond motifs is 1. The summed E-state index contributed by atoms with van der Waals surface area (Å²) >= 11 is 0. The van der Waals surface area contributed by atoms with E-state index in [4.69, 9.17) is 0 Å². The van der Waals surface area contributed by atoms with Gasteiger partial charge in [-0.05, 0) is 12.1 Å². The minimum Gasteiger partial charge on any atom is -0.340 e. The van der Waals surface area contributed by atoms with E-state index < -0.39 is 0 Å². The van der Waals surface area contributed by atoms with Gasteiger partial charge in [-0.1, -0.05) is 6.07 Å². The molecule has 0 amide bonds. The van der Waals surface area contributed by atoms with Gasteiger partial charge in [0.1, 0.15) is 0 Å². The maximum Gasteiger partial charge on any atom is 0.0602 e. The molecule has 0 bridgehead atoms. The van der Waals surface area contributed by atoms with Gasteiger partial charge in [0, 0.05) is 33.5 Å². The van der Waals surface area contributed by atoms with Crippen LogP contribution < -0.4 is 0 Å². The van der Waals surface area contributed by atoms with Crippen LogP contribution in [0.3, 0.4) is 0 Å². The number of imidazole rings is 1. The predicted octanol–water partition coefficient (Wildman–Crippen LogP) is 2.80. The van der Waals surface area contributed by atoms with Crippen LogP contribution in [0.1, 0.15) is 0 Å². The smallest absolute Gasteiger partial charge is 0.0602 e. The third kappa shape index (κ3) is 1.81. The minimum absolute atomic E-state index is 0. The zero-order valence-corrected chi connectivity index (χ0v) is 10.7. The van der Waals surface area contributed by atoms with Gasteiger partial charge in [0.05, 0.1) is 11.3 Å². The standard InChI is InChI=1S/C13H9N2.Pt/c1-2-6-11(7-3-1)13-14-10-12-8-4-5-9-15(12)13;/h1-6,8-10H;/q-1;. The van der Waals surface area contributed by atoms with E-state index in [1.807, 2.05) is 54.9 Å². The molecule has 0 atom stereocenters. The van der Waals surface area contributed by atoms with Crippen molar-refractivity contribution >= 4 is 5.52 Å². The third-order valence-corrected chi connectivity index (χ3v) is 2.39. The molecule has 3 aromatic rings. The van der Waals surface area contributed by atoms with E-state index in [0.29, 0.717) is 0 Å². The molecule has 1 aromatic carbocycles. The first-order valence-electron chi connectivity index (χ1n) is 4.84. The van der Waals surface area contributed by atoms with Crippen LogP contribution in [-0.2, 0) is 21.1 Å². The summed E-state index contributed by atoms with van der Waals surface area (Å²) in [4.78, 5) is 4.40. The molecule has 0 unspecified atom stereocenters. The van der Waals surface area contributed by atoms with Crippen LogP contribution in [0.25, 0.3) is 16.9 Å². The summed E-state index contributed by atoms with van der Waals surface area (Å²) in [5, 5.41) is 0. The zero-order chi connectivity index (χ0) is 10.1. The van der Waals surface area contributed by atoms with Crippen LogP contribution in [0.15, 0.2) is 54.9 Å². The van der Waals surface area contributed by atoms with Crippen LogP contribution in [0.2, 0.25) is 0 Å². The Balaban J connectivity index is 0.000000963. The molecule has 0 radical (unpaired) electrons. The number of aromatic nitrogens is 2. The Morgan fingerprint density at radius 1 is 1.06 bits per heavy atom. The Kier molecular flexibility index (Phi) is 3.21. The van der Waals surface area contributed by atoms with E-state index in [1.54, 1.807) is 0 Å². The quantitative estimate of drug-likeness (QED) is 0.586. The van der Waals surface area contributed by atoms with Crippen LogP contribution in [-0.4, -0.2) is 9.38 Å². The Morgan fingerprint density at radius 2 is 1.94 bits per heavy atom. The first-order valence-corrected chi connectivity index (χ1v) is 4.84. The second-order valence-corrected chi connectivity index (χ2v) is 3.35. The molecule has 0 spiro atoms. The Bertz CT molecular complexity index is 587. The summed E-state index contributed by atoms with van der Waals surface area (Å²) in [5.74, 6) is 0.936. The maximum absolute atomic E-state index is 4.40. The average Bonchev–Trinajstić information content (AvgIpc) is 2.74. The van der Waals surface area contributed by atoms with Crippen LogP contribution in [0.4, 0.5) is 0 Å². The topological polar surface area (TPSA) is 17.3 Å². The van der Waals surface area contributed by atoms with Crippen LogP contribution in [0, 0.1) is 6.07 Å². The Labute approximate surface area is 108 Å². The number of rotatable bonds is 1. The van der Waals surface area contributed by atoms with E-state index in [2.05, 4.69) is 15.5 Å². The van der Waals surface area contributed by atoms with E-state index in [1.165, 1.54) is 0 Å². The molecular weight excluding hydrogens is 379 g/mol. The van der Waals surface area contributed by atoms with Gasteiger partial charge >= 0.3 is 0 Å². The van der Waals surface area contributed by atoms with Gasteiger partial charge in [-0.3, -0.25) is 4.98 Å². The van der Waals surface area contributed by atoms with Gasteiger partial charge in [0.25, 0.3) is 0 Å². The first kappa shape index (κ1) is 11.1. The molecular formula is C13H9N2Pt-. The van der Waals surface area contributed by atoms with Gasteiger partial charge in [-0.2, -0.15) is 0 Å². The van der Waals surface area contributed by atoms with Gasteiger partial charge in [-0.25, -0.2) is 0 Å².